The molecule has 8 heteroatoms. The molecule has 114 valence electrons. The maximum atomic E-state index is 13.8. The molecule has 0 bridgehead atoms. The van der Waals surface area contributed by atoms with Crippen LogP contribution in [0, 0.1) is 19.7 Å². The lowest BCUT2D eigenvalue weighted by molar-refractivity contribution is 0.391. The van der Waals surface area contributed by atoms with Crippen LogP contribution in [0.1, 0.15) is 30.0 Å². The summed E-state index contributed by atoms with van der Waals surface area (Å²) in [6.07, 6.45) is 0. The largest absolute Gasteiger partial charge is 0.361 e. The summed E-state index contributed by atoms with van der Waals surface area (Å²) in [5, 5.41) is 3.78. The van der Waals surface area contributed by atoms with Crippen LogP contribution in [0.15, 0.2) is 32.1 Å². The first-order valence-corrected chi connectivity index (χ1v) is 8.40. The number of halogens is 2. The van der Waals surface area contributed by atoms with Gasteiger partial charge in [0.1, 0.15) is 16.5 Å². The Bertz CT molecular complexity index is 754. The van der Waals surface area contributed by atoms with Gasteiger partial charge in [-0.05, 0) is 39.0 Å². The zero-order valence-electron chi connectivity index (χ0n) is 11.6. The van der Waals surface area contributed by atoms with Crippen LogP contribution in [0.5, 0.6) is 0 Å². The van der Waals surface area contributed by atoms with Gasteiger partial charge in [0.25, 0.3) is 0 Å². The third-order valence-corrected chi connectivity index (χ3v) is 5.10. The molecule has 0 aliphatic heterocycles. The van der Waals surface area contributed by atoms with Crippen molar-refractivity contribution in [2.45, 2.75) is 31.7 Å². The van der Waals surface area contributed by atoms with E-state index in [1.807, 2.05) is 0 Å². The Balaban J connectivity index is 2.33. The van der Waals surface area contributed by atoms with Crippen molar-refractivity contribution in [3.05, 3.63) is 45.5 Å². The number of sulfonamides is 1. The molecule has 2 aromatic rings. The molecule has 0 fully saturated rings. The number of benzene rings is 1. The Morgan fingerprint density at radius 1 is 1.38 bits per heavy atom. The maximum absolute atomic E-state index is 13.8. The predicted molar refractivity (Wildman–Crippen MR) is 78.8 cm³/mol. The van der Waals surface area contributed by atoms with Gasteiger partial charge in [-0.25, -0.2) is 17.5 Å². The monoisotopic (exact) mass is 376 g/mol. The fourth-order valence-electron chi connectivity index (χ4n) is 2.16. The molecule has 1 unspecified atom stereocenters. The van der Waals surface area contributed by atoms with Crippen molar-refractivity contribution in [1.29, 1.82) is 0 Å². The fraction of sp³-hybridized carbons (Fsp3) is 0.308. The molecule has 0 amide bonds. The van der Waals surface area contributed by atoms with Crippen molar-refractivity contribution in [2.75, 3.05) is 0 Å². The minimum Gasteiger partial charge on any atom is -0.361 e. The van der Waals surface area contributed by atoms with Gasteiger partial charge >= 0.3 is 0 Å². The van der Waals surface area contributed by atoms with E-state index in [2.05, 4.69) is 25.8 Å². The molecule has 0 radical (unpaired) electrons. The van der Waals surface area contributed by atoms with E-state index in [-0.39, 0.29) is 0 Å². The van der Waals surface area contributed by atoms with Crippen molar-refractivity contribution >= 4 is 26.0 Å². The maximum Gasteiger partial charge on any atom is 0.244 e. The van der Waals surface area contributed by atoms with Gasteiger partial charge in [0.2, 0.25) is 10.0 Å². The molecule has 21 heavy (non-hydrogen) atoms. The highest BCUT2D eigenvalue weighted by atomic mass is 79.9. The van der Waals surface area contributed by atoms with E-state index >= 15 is 0 Å². The Labute approximate surface area is 130 Å². The van der Waals surface area contributed by atoms with Crippen LogP contribution in [0.3, 0.4) is 0 Å². The molecular weight excluding hydrogens is 363 g/mol. The molecule has 2 rings (SSSR count). The topological polar surface area (TPSA) is 72.2 Å². The van der Waals surface area contributed by atoms with E-state index in [9.17, 15) is 12.8 Å². The minimum atomic E-state index is -3.98. The molecule has 1 heterocycles. The summed E-state index contributed by atoms with van der Waals surface area (Å²) in [6.45, 7) is 5.07. The molecule has 1 N–H and O–H groups in total. The van der Waals surface area contributed by atoms with Crippen molar-refractivity contribution in [3.8, 4) is 0 Å². The predicted octanol–water partition coefficient (Wildman–Crippen LogP) is 3.23. The minimum absolute atomic E-state index is 0.399. The van der Waals surface area contributed by atoms with Crippen molar-refractivity contribution < 1.29 is 17.3 Å². The zero-order chi connectivity index (χ0) is 15.8. The van der Waals surface area contributed by atoms with Crippen LogP contribution >= 0.6 is 15.9 Å². The molecule has 1 aromatic carbocycles. The quantitative estimate of drug-likeness (QED) is 0.888. The Morgan fingerprint density at radius 3 is 2.57 bits per heavy atom. The number of aromatic nitrogens is 1. The lowest BCUT2D eigenvalue weighted by Crippen LogP contribution is -2.28. The molecular formula is C13H14BrFN2O3S. The molecule has 0 aliphatic carbocycles. The van der Waals surface area contributed by atoms with Gasteiger partial charge in [0, 0.05) is 16.1 Å². The van der Waals surface area contributed by atoms with Crippen molar-refractivity contribution in [1.82, 2.24) is 9.88 Å². The molecule has 1 aromatic heterocycles. The SMILES string of the molecule is Cc1noc(C)c1C(C)NS(=O)(=O)c1ccc(Br)cc1F. The first-order valence-electron chi connectivity index (χ1n) is 6.12. The van der Waals surface area contributed by atoms with Crippen LogP contribution in [0.2, 0.25) is 0 Å². The van der Waals surface area contributed by atoms with Gasteiger partial charge in [-0.3, -0.25) is 0 Å². The van der Waals surface area contributed by atoms with E-state index in [4.69, 9.17) is 4.52 Å². The first kappa shape index (κ1) is 16.1. The molecule has 0 saturated carbocycles. The molecule has 5 nitrogen and oxygen atoms in total. The van der Waals surface area contributed by atoms with Crippen LogP contribution in [0.25, 0.3) is 0 Å². The normalized spacial score (nSPS) is 13.4. The summed E-state index contributed by atoms with van der Waals surface area (Å²) < 4.78 is 46.3. The lowest BCUT2D eigenvalue weighted by Gasteiger charge is -2.14. The van der Waals surface area contributed by atoms with E-state index in [1.54, 1.807) is 20.8 Å². The highest BCUT2D eigenvalue weighted by Crippen LogP contribution is 2.25. The van der Waals surface area contributed by atoms with Gasteiger partial charge in [-0.1, -0.05) is 21.1 Å². The lowest BCUT2D eigenvalue weighted by atomic mass is 10.1. The van der Waals surface area contributed by atoms with Gasteiger partial charge in [0.05, 0.1) is 5.69 Å². The van der Waals surface area contributed by atoms with Crippen LogP contribution in [-0.2, 0) is 10.0 Å². The third kappa shape index (κ3) is 3.33. The summed E-state index contributed by atoms with van der Waals surface area (Å²) in [6, 6.07) is 3.21. The average Bonchev–Trinajstić information content (AvgIpc) is 2.67. The summed E-state index contributed by atoms with van der Waals surface area (Å²) in [5.74, 6) is -0.290. The Morgan fingerprint density at radius 2 is 2.05 bits per heavy atom. The Kier molecular flexibility index (Phi) is 4.50. The van der Waals surface area contributed by atoms with Crippen molar-refractivity contribution in [3.63, 3.8) is 0 Å². The van der Waals surface area contributed by atoms with E-state index < -0.39 is 26.8 Å². The zero-order valence-corrected chi connectivity index (χ0v) is 14.0. The van der Waals surface area contributed by atoms with Crippen LogP contribution in [-0.4, -0.2) is 13.6 Å². The number of nitrogens with one attached hydrogen (secondary N) is 1. The second kappa shape index (κ2) is 5.86. The van der Waals surface area contributed by atoms with E-state index in [0.29, 0.717) is 21.5 Å². The van der Waals surface area contributed by atoms with Crippen LogP contribution in [0.4, 0.5) is 4.39 Å². The highest BCUT2D eigenvalue weighted by molar-refractivity contribution is 9.10. The van der Waals surface area contributed by atoms with Gasteiger partial charge < -0.3 is 4.52 Å². The summed E-state index contributed by atoms with van der Waals surface area (Å²) in [7, 11) is -3.98. The van der Waals surface area contributed by atoms with Gasteiger partial charge in [-0.15, -0.1) is 0 Å². The first-order chi connectivity index (χ1) is 9.72. The second-order valence-corrected chi connectivity index (χ2v) is 7.25. The number of rotatable bonds is 4. The second-order valence-electron chi connectivity index (χ2n) is 4.66. The number of nitrogens with zero attached hydrogens (tertiary/aromatic N) is 1. The summed E-state index contributed by atoms with van der Waals surface area (Å²) in [5.41, 5.74) is 1.25. The standard InChI is InChI=1S/C13H14BrFN2O3S/c1-7-13(9(3)20-16-7)8(2)17-21(18,19)12-5-4-10(14)6-11(12)15/h4-6,8,17H,1-3H3. The van der Waals surface area contributed by atoms with Gasteiger partial charge in [0.15, 0.2) is 0 Å². The third-order valence-electron chi connectivity index (χ3n) is 3.04. The van der Waals surface area contributed by atoms with E-state index in [1.165, 1.54) is 12.1 Å². The van der Waals surface area contributed by atoms with Crippen molar-refractivity contribution in [2.24, 2.45) is 0 Å². The molecule has 0 saturated heterocycles. The molecule has 1 atom stereocenters. The number of hydrogen-bond acceptors (Lipinski definition) is 4. The summed E-state index contributed by atoms with van der Waals surface area (Å²) in [4.78, 5) is -0.399. The van der Waals surface area contributed by atoms with E-state index in [0.717, 1.165) is 6.07 Å². The van der Waals surface area contributed by atoms with Crippen LogP contribution < -0.4 is 4.72 Å². The fourth-order valence-corrected chi connectivity index (χ4v) is 3.76. The molecule has 0 spiro atoms. The number of hydrogen-bond donors (Lipinski definition) is 1. The highest BCUT2D eigenvalue weighted by Gasteiger charge is 2.25. The Hall–Kier alpha value is -1.25. The van der Waals surface area contributed by atoms with Gasteiger partial charge in [-0.2, -0.15) is 0 Å². The smallest absolute Gasteiger partial charge is 0.244 e. The number of aryl methyl sites for hydroxylation is 2. The molecule has 0 aliphatic rings. The summed E-state index contributed by atoms with van der Waals surface area (Å²) >= 11 is 3.09. The average molecular weight is 377 g/mol.